The lowest BCUT2D eigenvalue weighted by Crippen LogP contribution is -2.37. The van der Waals surface area contributed by atoms with Crippen LogP contribution in [0, 0.1) is 5.41 Å². The number of nitrogens with one attached hydrogen (secondary N) is 3. The van der Waals surface area contributed by atoms with Crippen LogP contribution in [0.3, 0.4) is 0 Å². The minimum absolute atomic E-state index is 0.0559. The molecule has 0 saturated carbocycles. The van der Waals surface area contributed by atoms with Crippen molar-refractivity contribution in [2.24, 2.45) is 5.41 Å². The van der Waals surface area contributed by atoms with Crippen LogP contribution >= 0.6 is 0 Å². The number of hydrogen-bond acceptors (Lipinski definition) is 9. The van der Waals surface area contributed by atoms with Crippen LogP contribution < -0.4 is 20.9 Å². The molecule has 11 heteroatoms. The maximum Gasteiger partial charge on any atom is 0.256 e. The van der Waals surface area contributed by atoms with E-state index in [2.05, 4.69) is 31.0 Å². The van der Waals surface area contributed by atoms with E-state index in [-0.39, 0.29) is 12.5 Å². The predicted molar refractivity (Wildman–Crippen MR) is 129 cm³/mol. The van der Waals surface area contributed by atoms with Gasteiger partial charge in [0.2, 0.25) is 0 Å². The molecule has 0 spiro atoms. The van der Waals surface area contributed by atoms with E-state index in [1.165, 1.54) is 10.7 Å². The zero-order chi connectivity index (χ0) is 24.3. The molecule has 1 aliphatic rings. The Labute approximate surface area is 196 Å². The second kappa shape index (κ2) is 9.49. The number of fused-ring (bicyclic) bond motifs is 1. The van der Waals surface area contributed by atoms with Crippen LogP contribution in [0.1, 0.15) is 24.2 Å². The Morgan fingerprint density at radius 2 is 2.12 bits per heavy atom. The molecule has 0 radical (unpaired) electrons. The zero-order valence-electron chi connectivity index (χ0n) is 19.2. The number of anilines is 3. The summed E-state index contributed by atoms with van der Waals surface area (Å²) in [5.41, 5.74) is 0.673. The van der Waals surface area contributed by atoms with E-state index in [1.54, 1.807) is 54.7 Å². The number of aliphatic hydroxyl groups is 2. The molecule has 3 aromatic rings. The molecule has 178 valence electrons. The molecular weight excluding hydrogens is 436 g/mol. The molecule has 0 fully saturated rings. The van der Waals surface area contributed by atoms with Crippen LogP contribution in [0.5, 0.6) is 0 Å². The SMILES string of the molecule is CNc1cc(NC2=CC=CN(c3ccccn3)C2O)nc2c(C(=O)NCC(C)(C)CO)cnn12. The fourth-order valence-corrected chi connectivity index (χ4v) is 3.35. The number of hydrogen-bond donors (Lipinski definition) is 5. The lowest BCUT2D eigenvalue weighted by molar-refractivity contribution is 0.0912. The fraction of sp³-hybridized carbons (Fsp3) is 0.304. The summed E-state index contributed by atoms with van der Waals surface area (Å²) >= 11 is 0. The first kappa shape index (κ1) is 23.2. The van der Waals surface area contributed by atoms with Crippen molar-refractivity contribution in [3.05, 3.63) is 66.3 Å². The van der Waals surface area contributed by atoms with Crippen molar-refractivity contribution in [2.75, 3.05) is 35.7 Å². The van der Waals surface area contributed by atoms with Gasteiger partial charge in [0.1, 0.15) is 23.0 Å². The number of allylic oxidation sites excluding steroid dienone is 2. The number of aliphatic hydroxyl groups excluding tert-OH is 2. The normalized spacial score (nSPS) is 15.9. The van der Waals surface area contributed by atoms with E-state index in [1.807, 2.05) is 19.9 Å². The van der Waals surface area contributed by atoms with Crippen LogP contribution in [-0.2, 0) is 0 Å². The van der Waals surface area contributed by atoms with Gasteiger partial charge < -0.3 is 31.1 Å². The Morgan fingerprint density at radius 3 is 2.82 bits per heavy atom. The first-order valence-corrected chi connectivity index (χ1v) is 10.8. The Morgan fingerprint density at radius 1 is 1.29 bits per heavy atom. The van der Waals surface area contributed by atoms with Crippen LogP contribution in [0.25, 0.3) is 5.65 Å². The van der Waals surface area contributed by atoms with Gasteiger partial charge in [-0.1, -0.05) is 19.9 Å². The molecule has 11 nitrogen and oxygen atoms in total. The molecule has 4 rings (SSSR count). The van der Waals surface area contributed by atoms with Crippen molar-refractivity contribution in [1.29, 1.82) is 0 Å². The van der Waals surface area contributed by atoms with Gasteiger partial charge in [0.15, 0.2) is 11.9 Å². The van der Waals surface area contributed by atoms with Crippen molar-refractivity contribution >= 4 is 29.0 Å². The van der Waals surface area contributed by atoms with Crippen LogP contribution in [-0.4, -0.2) is 62.1 Å². The third kappa shape index (κ3) is 4.70. The monoisotopic (exact) mass is 464 g/mol. The standard InChI is InChI=1S/C23H28N8O3/c1-23(2,14-32)13-26-21(33)15-12-27-31-19(24-3)11-17(29-20(15)31)28-16-7-6-10-30(22(16)34)18-8-4-5-9-25-18/h4-12,22,24,32,34H,13-14H2,1-3H3,(H,26,33)(H,28,29). The van der Waals surface area contributed by atoms with Gasteiger partial charge in [-0.3, -0.25) is 4.79 Å². The van der Waals surface area contributed by atoms with Crippen molar-refractivity contribution in [3.8, 4) is 0 Å². The molecule has 0 bridgehead atoms. The molecule has 1 atom stereocenters. The number of nitrogens with zero attached hydrogens (tertiary/aromatic N) is 5. The summed E-state index contributed by atoms with van der Waals surface area (Å²) in [5.74, 6) is 1.27. The molecule has 1 unspecified atom stereocenters. The maximum atomic E-state index is 12.8. The minimum atomic E-state index is -1.01. The summed E-state index contributed by atoms with van der Waals surface area (Å²) in [6.07, 6.45) is 7.38. The van der Waals surface area contributed by atoms with Crippen molar-refractivity contribution in [3.63, 3.8) is 0 Å². The highest BCUT2D eigenvalue weighted by atomic mass is 16.3. The third-order valence-corrected chi connectivity index (χ3v) is 5.38. The van der Waals surface area contributed by atoms with Crippen LogP contribution in [0.2, 0.25) is 0 Å². The first-order chi connectivity index (χ1) is 16.3. The lowest BCUT2D eigenvalue weighted by atomic mass is 9.95. The van der Waals surface area contributed by atoms with E-state index < -0.39 is 11.6 Å². The lowest BCUT2D eigenvalue weighted by Gasteiger charge is -2.30. The van der Waals surface area contributed by atoms with Crippen LogP contribution in [0.4, 0.5) is 17.5 Å². The summed E-state index contributed by atoms with van der Waals surface area (Å²) in [5, 5.41) is 33.7. The summed E-state index contributed by atoms with van der Waals surface area (Å²) < 4.78 is 1.53. The van der Waals surface area contributed by atoms with Gasteiger partial charge in [-0.15, -0.1) is 0 Å². The molecule has 0 saturated heterocycles. The molecule has 5 N–H and O–H groups in total. The molecule has 34 heavy (non-hydrogen) atoms. The zero-order valence-corrected chi connectivity index (χ0v) is 19.2. The molecule has 1 amide bonds. The molecule has 3 aromatic heterocycles. The highest BCUT2D eigenvalue weighted by Gasteiger charge is 2.24. The van der Waals surface area contributed by atoms with Crippen molar-refractivity contribution < 1.29 is 15.0 Å². The number of amides is 1. The van der Waals surface area contributed by atoms with Crippen LogP contribution in [0.15, 0.2) is 60.7 Å². The molecular formula is C23H28N8O3. The molecule has 0 aliphatic carbocycles. The highest BCUT2D eigenvalue weighted by Crippen LogP contribution is 2.25. The Hall–Kier alpha value is -3.96. The third-order valence-electron chi connectivity index (χ3n) is 5.38. The van der Waals surface area contributed by atoms with Gasteiger partial charge in [-0.25, -0.2) is 9.97 Å². The second-order valence-electron chi connectivity index (χ2n) is 8.63. The van der Waals surface area contributed by atoms with E-state index >= 15 is 0 Å². The quantitative estimate of drug-likeness (QED) is 0.336. The van der Waals surface area contributed by atoms with E-state index in [9.17, 15) is 15.0 Å². The van der Waals surface area contributed by atoms with Gasteiger partial charge in [0.05, 0.1) is 11.9 Å². The number of carbonyl (C=O) groups is 1. The molecule has 0 aromatic carbocycles. The summed E-state index contributed by atoms with van der Waals surface area (Å²) in [6.45, 7) is 3.95. The van der Waals surface area contributed by atoms with Gasteiger partial charge in [-0.2, -0.15) is 9.61 Å². The molecule has 1 aliphatic heterocycles. The second-order valence-corrected chi connectivity index (χ2v) is 8.63. The Bertz CT molecular complexity index is 1240. The number of rotatable bonds is 8. The first-order valence-electron chi connectivity index (χ1n) is 10.8. The largest absolute Gasteiger partial charge is 0.396 e. The summed E-state index contributed by atoms with van der Waals surface area (Å²) in [4.78, 5) is 23.3. The van der Waals surface area contributed by atoms with Crippen molar-refractivity contribution in [2.45, 2.75) is 20.1 Å². The summed E-state index contributed by atoms with van der Waals surface area (Å²) in [6, 6.07) is 7.18. The van der Waals surface area contributed by atoms with Gasteiger partial charge in [0.25, 0.3) is 5.91 Å². The summed E-state index contributed by atoms with van der Waals surface area (Å²) in [7, 11) is 1.74. The Balaban J connectivity index is 1.61. The topological polar surface area (TPSA) is 140 Å². The average Bonchev–Trinajstić information content (AvgIpc) is 3.28. The predicted octanol–water partition coefficient (Wildman–Crippen LogP) is 1.56. The van der Waals surface area contributed by atoms with E-state index in [4.69, 9.17) is 0 Å². The van der Waals surface area contributed by atoms with Crippen molar-refractivity contribution in [1.82, 2.24) is 24.9 Å². The number of aromatic nitrogens is 4. The average molecular weight is 465 g/mol. The molecule has 4 heterocycles. The van der Waals surface area contributed by atoms with E-state index in [0.29, 0.717) is 40.9 Å². The number of pyridine rings is 1. The highest BCUT2D eigenvalue weighted by molar-refractivity contribution is 6.00. The van der Waals surface area contributed by atoms with E-state index in [0.717, 1.165) is 0 Å². The minimum Gasteiger partial charge on any atom is -0.396 e. The van der Waals surface area contributed by atoms with Gasteiger partial charge >= 0.3 is 0 Å². The maximum absolute atomic E-state index is 12.8. The van der Waals surface area contributed by atoms with Gasteiger partial charge in [0, 0.05) is 44.1 Å². The Kier molecular flexibility index (Phi) is 6.48. The fourth-order valence-electron chi connectivity index (χ4n) is 3.35. The smallest absolute Gasteiger partial charge is 0.256 e. The number of carbonyl (C=O) groups excluding carboxylic acids is 1. The van der Waals surface area contributed by atoms with Gasteiger partial charge in [-0.05, 0) is 24.3 Å².